The van der Waals surface area contributed by atoms with E-state index in [1.54, 1.807) is 7.11 Å². The van der Waals surface area contributed by atoms with Crippen molar-refractivity contribution < 1.29 is 13.2 Å². The molecule has 2 atom stereocenters. The summed E-state index contributed by atoms with van der Waals surface area (Å²) in [5, 5.41) is 0. The zero-order valence-corrected chi connectivity index (χ0v) is 10.2. The number of likely N-dealkylation sites (N-methyl/N-ethyl adjacent to an activating group) is 1. The molecule has 0 bridgehead atoms. The summed E-state index contributed by atoms with van der Waals surface area (Å²) in [5.41, 5.74) is 5.62. The smallest absolute Gasteiger partial charge is 0.151 e. The van der Waals surface area contributed by atoms with Crippen molar-refractivity contribution in [3.8, 4) is 0 Å². The largest absolute Gasteiger partial charge is 0.383 e. The van der Waals surface area contributed by atoms with Gasteiger partial charge in [-0.25, -0.2) is 8.42 Å². The van der Waals surface area contributed by atoms with Gasteiger partial charge in [0, 0.05) is 25.7 Å². The van der Waals surface area contributed by atoms with E-state index in [0.717, 1.165) is 0 Å². The Morgan fingerprint density at radius 3 is 2.67 bits per heavy atom. The highest BCUT2D eigenvalue weighted by atomic mass is 32.2. The van der Waals surface area contributed by atoms with E-state index in [-0.39, 0.29) is 17.8 Å². The second kappa shape index (κ2) is 5.25. The molecule has 1 fully saturated rings. The number of nitrogens with two attached hydrogens (primary N) is 1. The van der Waals surface area contributed by atoms with E-state index in [9.17, 15) is 8.42 Å². The van der Waals surface area contributed by atoms with Crippen LogP contribution in [0, 0.1) is 0 Å². The lowest BCUT2D eigenvalue weighted by molar-refractivity contribution is 0.0903. The zero-order chi connectivity index (χ0) is 11.5. The molecule has 6 heteroatoms. The van der Waals surface area contributed by atoms with E-state index in [2.05, 4.69) is 0 Å². The summed E-state index contributed by atoms with van der Waals surface area (Å²) in [6.45, 7) is 1.03. The van der Waals surface area contributed by atoms with Crippen molar-refractivity contribution in [1.29, 1.82) is 0 Å². The Morgan fingerprint density at radius 2 is 2.27 bits per heavy atom. The molecule has 90 valence electrons. The molecule has 5 nitrogen and oxygen atoms in total. The highest BCUT2D eigenvalue weighted by Crippen LogP contribution is 2.18. The topological polar surface area (TPSA) is 72.6 Å². The average Bonchev–Trinajstić information content (AvgIpc) is 2.54. The van der Waals surface area contributed by atoms with Crippen molar-refractivity contribution >= 4 is 9.84 Å². The molecule has 0 radical (unpaired) electrons. The van der Waals surface area contributed by atoms with Crippen LogP contribution in [0.5, 0.6) is 0 Å². The molecule has 0 aromatic carbocycles. The lowest BCUT2D eigenvalue weighted by atomic mass is 10.2. The van der Waals surface area contributed by atoms with Gasteiger partial charge in [0.25, 0.3) is 0 Å². The third-order valence-corrected chi connectivity index (χ3v) is 4.74. The van der Waals surface area contributed by atoms with E-state index in [0.29, 0.717) is 25.3 Å². The van der Waals surface area contributed by atoms with Gasteiger partial charge in [0.05, 0.1) is 18.1 Å². The first-order valence-electron chi connectivity index (χ1n) is 5.11. The minimum atomic E-state index is -2.82. The van der Waals surface area contributed by atoms with Gasteiger partial charge >= 0.3 is 0 Å². The molecule has 1 heterocycles. The van der Waals surface area contributed by atoms with E-state index >= 15 is 0 Å². The van der Waals surface area contributed by atoms with Crippen molar-refractivity contribution in [2.45, 2.75) is 18.5 Å². The second-order valence-electron chi connectivity index (χ2n) is 4.07. The molecule has 1 saturated heterocycles. The summed E-state index contributed by atoms with van der Waals surface area (Å²) in [6.07, 6.45) is 0.707. The molecule has 0 aromatic heterocycles. The zero-order valence-electron chi connectivity index (χ0n) is 9.35. The molecule has 15 heavy (non-hydrogen) atoms. The predicted octanol–water partition coefficient (Wildman–Crippen LogP) is -0.921. The maximum Gasteiger partial charge on any atom is 0.151 e. The molecule has 0 spiro atoms. The minimum absolute atomic E-state index is 0.0960. The molecule has 2 N–H and O–H groups in total. The normalized spacial score (nSPS) is 27.1. The number of rotatable bonds is 5. The Kier molecular flexibility index (Phi) is 4.51. The number of methoxy groups -OCH3 is 1. The first-order chi connectivity index (χ1) is 7.00. The first kappa shape index (κ1) is 12.9. The van der Waals surface area contributed by atoms with Gasteiger partial charge in [0.15, 0.2) is 9.84 Å². The van der Waals surface area contributed by atoms with Crippen molar-refractivity contribution in [3.05, 3.63) is 0 Å². The van der Waals surface area contributed by atoms with Crippen LogP contribution in [0.15, 0.2) is 0 Å². The fourth-order valence-electron chi connectivity index (χ4n) is 1.94. The fourth-order valence-corrected chi connectivity index (χ4v) is 3.72. The van der Waals surface area contributed by atoms with Crippen LogP contribution in [0.4, 0.5) is 0 Å². The van der Waals surface area contributed by atoms with Crippen LogP contribution in [-0.4, -0.2) is 64.2 Å². The van der Waals surface area contributed by atoms with Gasteiger partial charge < -0.3 is 10.5 Å². The second-order valence-corrected chi connectivity index (χ2v) is 6.30. The van der Waals surface area contributed by atoms with E-state index in [4.69, 9.17) is 10.5 Å². The Hall–Kier alpha value is -0.170. The number of nitrogens with zero attached hydrogens (tertiary/aromatic N) is 1. The van der Waals surface area contributed by atoms with Crippen LogP contribution < -0.4 is 5.73 Å². The SMILES string of the molecule is COCC(CN)N(C)C1CCS(=O)(=O)C1. The maximum atomic E-state index is 11.3. The molecule has 1 aliphatic rings. The maximum absolute atomic E-state index is 11.3. The molecular formula is C9H20N2O3S. The summed E-state index contributed by atoms with van der Waals surface area (Å²) in [7, 11) is 0.725. The van der Waals surface area contributed by atoms with Crippen LogP contribution in [0.1, 0.15) is 6.42 Å². The molecule has 1 rings (SSSR count). The summed E-state index contributed by atoms with van der Waals surface area (Å²) >= 11 is 0. The van der Waals surface area contributed by atoms with E-state index in [1.165, 1.54) is 0 Å². The van der Waals surface area contributed by atoms with Gasteiger partial charge in [0.2, 0.25) is 0 Å². The van der Waals surface area contributed by atoms with Gasteiger partial charge in [-0.2, -0.15) is 0 Å². The molecule has 0 saturated carbocycles. The number of ether oxygens (including phenoxy) is 1. The van der Waals surface area contributed by atoms with Crippen molar-refractivity contribution in [2.24, 2.45) is 5.73 Å². The van der Waals surface area contributed by atoms with Gasteiger partial charge in [-0.3, -0.25) is 4.90 Å². The van der Waals surface area contributed by atoms with Crippen molar-refractivity contribution in [1.82, 2.24) is 4.90 Å². The van der Waals surface area contributed by atoms with Gasteiger partial charge in [-0.15, -0.1) is 0 Å². The third-order valence-electron chi connectivity index (χ3n) is 2.99. The van der Waals surface area contributed by atoms with Crippen LogP contribution in [0.2, 0.25) is 0 Å². The molecule has 0 amide bonds. The lowest BCUT2D eigenvalue weighted by Crippen LogP contribution is -2.47. The number of sulfone groups is 1. The molecular weight excluding hydrogens is 216 g/mol. The fraction of sp³-hybridized carbons (Fsp3) is 1.00. The molecule has 0 aliphatic carbocycles. The molecule has 0 aromatic rings. The summed E-state index contributed by atoms with van der Waals surface area (Å²) in [4.78, 5) is 2.04. The van der Waals surface area contributed by atoms with Gasteiger partial charge in [0.1, 0.15) is 0 Å². The van der Waals surface area contributed by atoms with Crippen LogP contribution >= 0.6 is 0 Å². The van der Waals surface area contributed by atoms with Gasteiger partial charge in [-0.1, -0.05) is 0 Å². The number of hydrogen-bond donors (Lipinski definition) is 1. The molecule has 1 aliphatic heterocycles. The highest BCUT2D eigenvalue weighted by Gasteiger charge is 2.33. The van der Waals surface area contributed by atoms with Crippen LogP contribution in [0.3, 0.4) is 0 Å². The highest BCUT2D eigenvalue weighted by molar-refractivity contribution is 7.91. The van der Waals surface area contributed by atoms with Crippen LogP contribution in [-0.2, 0) is 14.6 Å². The lowest BCUT2D eigenvalue weighted by Gasteiger charge is -2.31. The summed E-state index contributed by atoms with van der Waals surface area (Å²) in [5.74, 6) is 0.552. The van der Waals surface area contributed by atoms with Gasteiger partial charge in [-0.05, 0) is 13.5 Å². The Balaban J connectivity index is 2.56. The summed E-state index contributed by atoms with van der Waals surface area (Å²) in [6, 6.07) is 0.201. The standard InChI is InChI=1S/C9H20N2O3S/c1-11(9(5-10)6-14-2)8-3-4-15(12,13)7-8/h8-9H,3-7,10H2,1-2H3. The Labute approximate surface area is 91.5 Å². The third kappa shape index (κ3) is 3.41. The van der Waals surface area contributed by atoms with Crippen molar-refractivity contribution in [3.63, 3.8) is 0 Å². The van der Waals surface area contributed by atoms with E-state index < -0.39 is 9.84 Å². The quantitative estimate of drug-likeness (QED) is 0.668. The minimum Gasteiger partial charge on any atom is -0.383 e. The molecule has 2 unspecified atom stereocenters. The average molecular weight is 236 g/mol. The predicted molar refractivity (Wildman–Crippen MR) is 59.5 cm³/mol. The Morgan fingerprint density at radius 1 is 1.60 bits per heavy atom. The van der Waals surface area contributed by atoms with Crippen LogP contribution in [0.25, 0.3) is 0 Å². The van der Waals surface area contributed by atoms with Crippen molar-refractivity contribution in [2.75, 3.05) is 38.8 Å². The number of hydrogen-bond acceptors (Lipinski definition) is 5. The van der Waals surface area contributed by atoms with E-state index in [1.807, 2.05) is 11.9 Å². The summed E-state index contributed by atoms with van der Waals surface area (Å²) < 4.78 is 27.7. The monoisotopic (exact) mass is 236 g/mol. The Bertz CT molecular complexity index is 292. The first-order valence-corrected chi connectivity index (χ1v) is 6.93.